The quantitative estimate of drug-likeness (QED) is 0.0321. The molecule has 392 valence electrons. The Morgan fingerprint density at radius 1 is 0.409 bits per heavy atom. The number of rotatable bonds is 56. The zero-order chi connectivity index (χ0) is 47.9. The van der Waals surface area contributed by atoms with Crippen molar-refractivity contribution in [3.8, 4) is 0 Å². The molecule has 66 heavy (non-hydrogen) atoms. The Kier molecular flexibility index (Phi) is 55.0. The van der Waals surface area contributed by atoms with Crippen LogP contribution in [0.4, 0.5) is 0 Å². The Morgan fingerprint density at radius 2 is 0.712 bits per heavy atom. The van der Waals surface area contributed by atoms with Gasteiger partial charge in [-0.15, -0.1) is 0 Å². The van der Waals surface area contributed by atoms with Gasteiger partial charge >= 0.3 is 5.97 Å². The summed E-state index contributed by atoms with van der Waals surface area (Å²) in [5, 5.41) is 23.3. The third kappa shape index (κ3) is 52.0. The second-order valence-electron chi connectivity index (χ2n) is 20.7. The minimum Gasteiger partial charge on any atom is -0.466 e. The minimum absolute atomic E-state index is 0.00107. The van der Waals surface area contributed by atoms with Gasteiger partial charge < -0.3 is 20.3 Å². The molecule has 2 unspecified atom stereocenters. The molecule has 0 spiro atoms. The van der Waals surface area contributed by atoms with E-state index in [2.05, 4.69) is 31.3 Å². The summed E-state index contributed by atoms with van der Waals surface area (Å²) in [6, 6.07) is -0.546. The van der Waals surface area contributed by atoms with Gasteiger partial charge in [-0.3, -0.25) is 9.59 Å². The molecule has 0 saturated heterocycles. The second-order valence-corrected chi connectivity index (χ2v) is 20.7. The van der Waals surface area contributed by atoms with Crippen LogP contribution < -0.4 is 5.32 Å². The number of allylic oxidation sites excluding steroid dienone is 2. The molecule has 0 aromatic rings. The third-order valence-electron chi connectivity index (χ3n) is 14.1. The third-order valence-corrected chi connectivity index (χ3v) is 14.1. The number of aliphatic hydroxyl groups excluding tert-OH is 2. The summed E-state index contributed by atoms with van der Waals surface area (Å²) in [4.78, 5) is 24.6. The van der Waals surface area contributed by atoms with Crippen molar-refractivity contribution in [2.45, 2.75) is 347 Å². The summed E-state index contributed by atoms with van der Waals surface area (Å²) in [5.41, 5.74) is 0. The molecule has 0 radical (unpaired) electrons. The van der Waals surface area contributed by atoms with Crippen LogP contribution in [-0.4, -0.2) is 47.4 Å². The van der Waals surface area contributed by atoms with E-state index in [1.165, 1.54) is 257 Å². The highest BCUT2D eigenvalue weighted by Gasteiger charge is 2.20. The van der Waals surface area contributed by atoms with E-state index in [1.54, 1.807) is 0 Å². The van der Waals surface area contributed by atoms with E-state index in [0.717, 1.165) is 44.9 Å². The number of hydrogen-bond acceptors (Lipinski definition) is 5. The van der Waals surface area contributed by atoms with E-state index >= 15 is 0 Å². The number of unbranched alkanes of at least 4 members (excludes halogenated alkanes) is 43. The molecule has 0 aliphatic carbocycles. The van der Waals surface area contributed by atoms with E-state index in [1.807, 2.05) is 0 Å². The highest BCUT2D eigenvalue weighted by Crippen LogP contribution is 2.18. The van der Waals surface area contributed by atoms with Gasteiger partial charge in [0.25, 0.3) is 0 Å². The lowest BCUT2D eigenvalue weighted by Crippen LogP contribution is -2.45. The maximum absolute atomic E-state index is 12.5. The Balaban J connectivity index is 3.40. The molecule has 0 aliphatic heterocycles. The Morgan fingerprint density at radius 3 is 1.08 bits per heavy atom. The highest BCUT2D eigenvalue weighted by atomic mass is 16.5. The average molecular weight is 933 g/mol. The van der Waals surface area contributed by atoms with Crippen molar-refractivity contribution in [2.75, 3.05) is 13.2 Å². The van der Waals surface area contributed by atoms with Gasteiger partial charge in [0.1, 0.15) is 0 Å². The molecule has 3 N–H and O–H groups in total. The molecule has 0 aliphatic rings. The normalized spacial score (nSPS) is 12.6. The average Bonchev–Trinajstić information content (AvgIpc) is 3.32. The van der Waals surface area contributed by atoms with Gasteiger partial charge in [0.2, 0.25) is 5.91 Å². The number of aliphatic hydroxyl groups is 2. The first-order valence-electron chi connectivity index (χ1n) is 29.9. The summed E-state index contributed by atoms with van der Waals surface area (Å²) >= 11 is 0. The Labute approximate surface area is 412 Å². The summed E-state index contributed by atoms with van der Waals surface area (Å²) in [6.45, 7) is 4.96. The maximum Gasteiger partial charge on any atom is 0.305 e. The van der Waals surface area contributed by atoms with Crippen LogP contribution in [0.1, 0.15) is 335 Å². The SMILES string of the molecule is CCCCCCCCC/C=C\CCCCCCCCCC(=O)OCCCCCCCCCCCCCCCCCCC(=O)NC(CO)C(O)CCCCCCCCCCCCCCCCC. The van der Waals surface area contributed by atoms with Crippen molar-refractivity contribution >= 4 is 11.9 Å². The van der Waals surface area contributed by atoms with E-state index in [4.69, 9.17) is 4.74 Å². The molecular weight excluding hydrogens is 815 g/mol. The number of hydrogen-bond donors (Lipinski definition) is 3. The van der Waals surface area contributed by atoms with E-state index in [9.17, 15) is 19.8 Å². The lowest BCUT2D eigenvalue weighted by molar-refractivity contribution is -0.143. The van der Waals surface area contributed by atoms with Gasteiger partial charge in [-0.25, -0.2) is 0 Å². The maximum atomic E-state index is 12.5. The Hall–Kier alpha value is -1.40. The van der Waals surface area contributed by atoms with Crippen LogP contribution in [0.5, 0.6) is 0 Å². The number of nitrogens with one attached hydrogen (secondary N) is 1. The summed E-state index contributed by atoms with van der Waals surface area (Å²) < 4.78 is 5.49. The second kappa shape index (κ2) is 56.2. The molecule has 0 bridgehead atoms. The lowest BCUT2D eigenvalue weighted by Gasteiger charge is -2.22. The fourth-order valence-electron chi connectivity index (χ4n) is 9.46. The number of ether oxygens (including phenoxy) is 1. The number of carbonyl (C=O) groups is 2. The Bertz CT molecular complexity index is 986. The van der Waals surface area contributed by atoms with Crippen LogP contribution in [0.3, 0.4) is 0 Å². The van der Waals surface area contributed by atoms with Crippen molar-refractivity contribution in [1.82, 2.24) is 5.32 Å². The first-order valence-corrected chi connectivity index (χ1v) is 29.9. The molecule has 0 saturated carbocycles. The molecule has 6 nitrogen and oxygen atoms in total. The van der Waals surface area contributed by atoms with Crippen LogP contribution >= 0.6 is 0 Å². The number of carbonyl (C=O) groups excluding carboxylic acids is 2. The zero-order valence-electron chi connectivity index (χ0n) is 44.7. The van der Waals surface area contributed by atoms with Gasteiger partial charge in [0.05, 0.1) is 25.4 Å². The first-order chi connectivity index (χ1) is 32.5. The van der Waals surface area contributed by atoms with E-state index in [-0.39, 0.29) is 18.5 Å². The standard InChI is InChI=1S/C60H117NO5/c1-3-5-7-9-11-13-15-17-19-20-21-26-30-34-38-42-46-50-54-60(65)66-55-51-47-43-39-35-31-27-23-22-25-29-33-37-41-45-49-53-59(64)61-57(56-62)58(63)52-48-44-40-36-32-28-24-18-16-14-12-10-8-6-4-2/h19-20,57-58,62-63H,3-18,21-56H2,1-2H3,(H,61,64)/b20-19-. The highest BCUT2D eigenvalue weighted by molar-refractivity contribution is 5.76. The molecular formula is C60H117NO5. The van der Waals surface area contributed by atoms with Crippen molar-refractivity contribution < 1.29 is 24.5 Å². The topological polar surface area (TPSA) is 95.9 Å². The predicted molar refractivity (Wildman–Crippen MR) is 287 cm³/mol. The van der Waals surface area contributed by atoms with Gasteiger partial charge in [-0.05, 0) is 51.4 Å². The van der Waals surface area contributed by atoms with Crippen LogP contribution in [0.2, 0.25) is 0 Å². The molecule has 6 heteroatoms. The summed E-state index contributed by atoms with van der Waals surface area (Å²) in [7, 11) is 0. The van der Waals surface area contributed by atoms with Crippen LogP contribution in [-0.2, 0) is 14.3 Å². The molecule has 0 heterocycles. The first kappa shape index (κ1) is 64.6. The monoisotopic (exact) mass is 932 g/mol. The zero-order valence-corrected chi connectivity index (χ0v) is 44.7. The van der Waals surface area contributed by atoms with Crippen LogP contribution in [0, 0.1) is 0 Å². The summed E-state index contributed by atoms with van der Waals surface area (Å²) in [6.07, 6.45) is 66.3. The molecule has 0 aromatic heterocycles. The molecule has 0 fully saturated rings. The van der Waals surface area contributed by atoms with Crippen LogP contribution in [0.25, 0.3) is 0 Å². The molecule has 2 atom stereocenters. The fraction of sp³-hybridized carbons (Fsp3) is 0.933. The fourth-order valence-corrected chi connectivity index (χ4v) is 9.46. The number of esters is 1. The molecule has 1 amide bonds. The summed E-state index contributed by atoms with van der Waals surface area (Å²) in [5.74, 6) is -0.0385. The minimum atomic E-state index is -0.668. The van der Waals surface area contributed by atoms with E-state index in [0.29, 0.717) is 25.9 Å². The van der Waals surface area contributed by atoms with E-state index < -0.39 is 12.1 Å². The largest absolute Gasteiger partial charge is 0.466 e. The van der Waals surface area contributed by atoms with Crippen LogP contribution in [0.15, 0.2) is 12.2 Å². The van der Waals surface area contributed by atoms with Gasteiger partial charge in [0.15, 0.2) is 0 Å². The van der Waals surface area contributed by atoms with Crippen molar-refractivity contribution in [3.05, 3.63) is 12.2 Å². The smallest absolute Gasteiger partial charge is 0.305 e. The lowest BCUT2D eigenvalue weighted by atomic mass is 10.0. The van der Waals surface area contributed by atoms with Crippen molar-refractivity contribution in [1.29, 1.82) is 0 Å². The van der Waals surface area contributed by atoms with Gasteiger partial charge in [-0.1, -0.05) is 283 Å². The predicted octanol–water partition coefficient (Wildman–Crippen LogP) is 18.5. The van der Waals surface area contributed by atoms with Gasteiger partial charge in [-0.2, -0.15) is 0 Å². The molecule has 0 rings (SSSR count). The number of amides is 1. The van der Waals surface area contributed by atoms with Crippen molar-refractivity contribution in [3.63, 3.8) is 0 Å². The van der Waals surface area contributed by atoms with Crippen molar-refractivity contribution in [2.24, 2.45) is 0 Å². The molecule has 0 aromatic carbocycles. The van der Waals surface area contributed by atoms with Gasteiger partial charge in [0, 0.05) is 12.8 Å².